The highest BCUT2D eigenvalue weighted by Gasteiger charge is 2.23. The summed E-state index contributed by atoms with van der Waals surface area (Å²) in [7, 11) is 0. The molecule has 52 valence electrons. The summed E-state index contributed by atoms with van der Waals surface area (Å²) in [6.45, 7) is 5.17. The van der Waals surface area contributed by atoms with Crippen molar-refractivity contribution in [3.8, 4) is 0 Å². The summed E-state index contributed by atoms with van der Waals surface area (Å²) in [5.74, 6) is 1.07. The van der Waals surface area contributed by atoms with E-state index in [4.69, 9.17) is 4.74 Å². The van der Waals surface area contributed by atoms with E-state index in [1.54, 1.807) is 0 Å². The van der Waals surface area contributed by atoms with Gasteiger partial charge in [0.25, 0.3) is 0 Å². The van der Waals surface area contributed by atoms with Gasteiger partial charge in [0.1, 0.15) is 5.76 Å². The van der Waals surface area contributed by atoms with Crippen molar-refractivity contribution in [2.75, 3.05) is 11.9 Å². The van der Waals surface area contributed by atoms with Gasteiger partial charge in [-0.05, 0) is 6.08 Å². The van der Waals surface area contributed by atoms with Gasteiger partial charge in [-0.1, -0.05) is 29.8 Å². The molecule has 0 amide bonds. The third-order valence-electron chi connectivity index (χ3n) is 1.31. The Bertz CT molecular complexity index is 138. The maximum absolute atomic E-state index is 5.33. The molecule has 0 aromatic carbocycles. The monoisotopic (exact) mass is 190 g/mol. The molecular formula is C7H11BrO. The van der Waals surface area contributed by atoms with Crippen LogP contribution in [-0.2, 0) is 4.74 Å². The molecule has 0 radical (unpaired) electrons. The van der Waals surface area contributed by atoms with Crippen molar-refractivity contribution in [3.63, 3.8) is 0 Å². The Morgan fingerprint density at radius 1 is 1.78 bits per heavy atom. The van der Waals surface area contributed by atoms with E-state index < -0.39 is 0 Å². The van der Waals surface area contributed by atoms with Crippen LogP contribution in [-0.4, -0.2) is 11.9 Å². The van der Waals surface area contributed by atoms with Gasteiger partial charge in [-0.2, -0.15) is 0 Å². The minimum Gasteiger partial charge on any atom is -0.496 e. The van der Waals surface area contributed by atoms with Gasteiger partial charge in [-0.25, -0.2) is 0 Å². The molecule has 0 spiro atoms. The molecule has 1 nitrogen and oxygen atoms in total. The number of hydrogen-bond acceptors (Lipinski definition) is 1. The summed E-state index contributed by atoms with van der Waals surface area (Å²) < 4.78 is 5.33. The van der Waals surface area contributed by atoms with Gasteiger partial charge in [0.05, 0.1) is 11.9 Å². The first-order valence-corrected chi connectivity index (χ1v) is 4.17. The average Bonchev–Trinajstić information content (AvgIpc) is 2.10. The lowest BCUT2D eigenvalue weighted by molar-refractivity contribution is 0.189. The quantitative estimate of drug-likeness (QED) is 0.578. The first kappa shape index (κ1) is 7.13. The van der Waals surface area contributed by atoms with E-state index in [1.807, 2.05) is 0 Å². The predicted molar refractivity (Wildman–Crippen MR) is 41.6 cm³/mol. The van der Waals surface area contributed by atoms with Gasteiger partial charge in [0, 0.05) is 5.41 Å². The third-order valence-corrected chi connectivity index (χ3v) is 1.87. The van der Waals surface area contributed by atoms with Gasteiger partial charge < -0.3 is 4.74 Å². The van der Waals surface area contributed by atoms with E-state index >= 15 is 0 Å². The lowest BCUT2D eigenvalue weighted by atomic mass is 9.96. The zero-order valence-electron chi connectivity index (χ0n) is 5.78. The first-order chi connectivity index (χ1) is 4.14. The number of allylic oxidation sites excluding steroid dienone is 1. The topological polar surface area (TPSA) is 9.23 Å². The average molecular weight is 191 g/mol. The third kappa shape index (κ3) is 1.71. The highest BCUT2D eigenvalue weighted by atomic mass is 79.9. The highest BCUT2D eigenvalue weighted by molar-refractivity contribution is 9.09. The highest BCUT2D eigenvalue weighted by Crippen LogP contribution is 2.28. The van der Waals surface area contributed by atoms with Crippen LogP contribution in [0.1, 0.15) is 13.8 Å². The SMILES string of the molecule is CC1(C)C=C(CBr)OC1. The summed E-state index contributed by atoms with van der Waals surface area (Å²) in [5, 5.41) is 0.844. The zero-order chi connectivity index (χ0) is 6.91. The van der Waals surface area contributed by atoms with E-state index in [0.29, 0.717) is 0 Å². The first-order valence-electron chi connectivity index (χ1n) is 3.04. The van der Waals surface area contributed by atoms with Gasteiger partial charge in [0.2, 0.25) is 0 Å². The van der Waals surface area contributed by atoms with Crippen molar-refractivity contribution in [1.82, 2.24) is 0 Å². The second kappa shape index (κ2) is 2.33. The van der Waals surface area contributed by atoms with Crippen LogP contribution in [0.2, 0.25) is 0 Å². The van der Waals surface area contributed by atoms with E-state index in [9.17, 15) is 0 Å². The van der Waals surface area contributed by atoms with Gasteiger partial charge >= 0.3 is 0 Å². The van der Waals surface area contributed by atoms with E-state index in [1.165, 1.54) is 0 Å². The molecule has 0 unspecified atom stereocenters. The minimum absolute atomic E-state index is 0.253. The predicted octanol–water partition coefficient (Wildman–Crippen LogP) is 2.32. The van der Waals surface area contributed by atoms with Crippen molar-refractivity contribution >= 4 is 15.9 Å². The molecule has 1 rings (SSSR count). The largest absolute Gasteiger partial charge is 0.496 e. The van der Waals surface area contributed by atoms with Crippen molar-refractivity contribution in [1.29, 1.82) is 0 Å². The van der Waals surface area contributed by atoms with Crippen LogP contribution in [0.5, 0.6) is 0 Å². The Balaban J connectivity index is 2.61. The maximum atomic E-state index is 5.33. The van der Waals surface area contributed by atoms with E-state index in [0.717, 1.165) is 17.7 Å². The van der Waals surface area contributed by atoms with Crippen molar-refractivity contribution in [2.45, 2.75) is 13.8 Å². The second-order valence-corrected chi connectivity index (χ2v) is 3.58. The van der Waals surface area contributed by atoms with Gasteiger partial charge in [-0.15, -0.1) is 0 Å². The molecule has 2 heteroatoms. The standard InChI is InChI=1S/C7H11BrO/c1-7(2)3-6(4-8)9-5-7/h3H,4-5H2,1-2H3. The van der Waals surface area contributed by atoms with Crippen LogP contribution in [0.4, 0.5) is 0 Å². The number of ether oxygens (including phenoxy) is 1. The molecule has 9 heavy (non-hydrogen) atoms. The molecule has 0 aliphatic carbocycles. The summed E-state index contributed by atoms with van der Waals surface area (Å²) in [6, 6.07) is 0. The van der Waals surface area contributed by atoms with Crippen molar-refractivity contribution in [2.24, 2.45) is 5.41 Å². The van der Waals surface area contributed by atoms with Crippen molar-refractivity contribution < 1.29 is 4.74 Å². The molecule has 1 heterocycles. The molecule has 1 aliphatic rings. The van der Waals surface area contributed by atoms with E-state index in [-0.39, 0.29) is 5.41 Å². The normalized spacial score (nSPS) is 23.2. The molecule has 0 fully saturated rings. The number of hydrogen-bond donors (Lipinski definition) is 0. The van der Waals surface area contributed by atoms with Crippen LogP contribution < -0.4 is 0 Å². The Morgan fingerprint density at radius 2 is 2.44 bits per heavy atom. The molecular weight excluding hydrogens is 180 g/mol. The molecule has 0 N–H and O–H groups in total. The summed E-state index contributed by atoms with van der Waals surface area (Å²) >= 11 is 3.33. The summed E-state index contributed by atoms with van der Waals surface area (Å²) in [6.07, 6.45) is 2.17. The molecule has 0 aromatic rings. The smallest absolute Gasteiger partial charge is 0.103 e. The molecule has 0 saturated heterocycles. The number of rotatable bonds is 1. The van der Waals surface area contributed by atoms with Crippen LogP contribution in [0.25, 0.3) is 0 Å². The van der Waals surface area contributed by atoms with Crippen molar-refractivity contribution in [3.05, 3.63) is 11.8 Å². The zero-order valence-corrected chi connectivity index (χ0v) is 7.36. The van der Waals surface area contributed by atoms with Crippen LogP contribution in [0.3, 0.4) is 0 Å². The summed E-state index contributed by atoms with van der Waals surface area (Å²) in [5.41, 5.74) is 0.253. The van der Waals surface area contributed by atoms with E-state index in [2.05, 4.69) is 35.9 Å². The molecule has 0 atom stereocenters. The number of halogens is 1. The fraction of sp³-hybridized carbons (Fsp3) is 0.714. The lowest BCUT2D eigenvalue weighted by Gasteiger charge is -2.09. The summed E-state index contributed by atoms with van der Waals surface area (Å²) in [4.78, 5) is 0. The Morgan fingerprint density at radius 3 is 2.67 bits per heavy atom. The van der Waals surface area contributed by atoms with Crippen LogP contribution >= 0.6 is 15.9 Å². The molecule has 0 saturated carbocycles. The van der Waals surface area contributed by atoms with Gasteiger partial charge in [-0.3, -0.25) is 0 Å². The van der Waals surface area contributed by atoms with Crippen LogP contribution in [0.15, 0.2) is 11.8 Å². The Hall–Kier alpha value is 0.0200. The lowest BCUT2D eigenvalue weighted by Crippen LogP contribution is -2.08. The maximum Gasteiger partial charge on any atom is 0.103 e. The fourth-order valence-electron chi connectivity index (χ4n) is 0.875. The molecule has 0 aromatic heterocycles. The Labute approximate surface area is 64.2 Å². The number of alkyl halides is 1. The molecule has 1 aliphatic heterocycles. The van der Waals surface area contributed by atoms with Crippen LogP contribution in [0, 0.1) is 5.41 Å². The Kier molecular flexibility index (Phi) is 1.85. The minimum atomic E-state index is 0.253. The fourth-order valence-corrected chi connectivity index (χ4v) is 1.20. The molecule has 0 bridgehead atoms. The second-order valence-electron chi connectivity index (χ2n) is 3.02. The van der Waals surface area contributed by atoms with Gasteiger partial charge in [0.15, 0.2) is 0 Å².